The minimum atomic E-state index is -0.0491. The van der Waals surface area contributed by atoms with Gasteiger partial charge in [0.2, 0.25) is 5.91 Å². The van der Waals surface area contributed by atoms with E-state index in [2.05, 4.69) is 15.5 Å². The second-order valence-corrected chi connectivity index (χ2v) is 7.98. The number of aryl methyl sites for hydroxylation is 1. The SMILES string of the molecule is Cc1occc1-c1nnc(SCC(=O)NCc2cccs2)n1Cc1ccco1. The van der Waals surface area contributed by atoms with Crippen LogP contribution in [-0.4, -0.2) is 26.4 Å². The molecule has 28 heavy (non-hydrogen) atoms. The Kier molecular flexibility index (Phi) is 5.63. The number of thioether (sulfide) groups is 1. The second kappa shape index (κ2) is 8.49. The molecule has 7 nitrogen and oxygen atoms in total. The van der Waals surface area contributed by atoms with Crippen LogP contribution >= 0.6 is 23.1 Å². The molecule has 0 aliphatic carbocycles. The van der Waals surface area contributed by atoms with Crippen molar-refractivity contribution in [1.29, 1.82) is 0 Å². The van der Waals surface area contributed by atoms with E-state index in [-0.39, 0.29) is 11.7 Å². The maximum atomic E-state index is 12.2. The van der Waals surface area contributed by atoms with Gasteiger partial charge in [-0.1, -0.05) is 17.8 Å². The summed E-state index contributed by atoms with van der Waals surface area (Å²) in [5.74, 6) is 2.44. The number of hydrogen-bond acceptors (Lipinski definition) is 7. The van der Waals surface area contributed by atoms with Gasteiger partial charge in [-0.3, -0.25) is 9.36 Å². The molecule has 1 N–H and O–H groups in total. The van der Waals surface area contributed by atoms with E-state index >= 15 is 0 Å². The molecule has 0 fully saturated rings. The largest absolute Gasteiger partial charge is 0.469 e. The standard InChI is InChI=1S/C19H18N4O3S2/c1-13-16(6-8-25-13)18-21-22-19(23(18)11-14-4-2-7-26-14)28-12-17(24)20-10-15-5-3-9-27-15/h2-9H,10-12H2,1H3,(H,20,24). The Morgan fingerprint density at radius 2 is 2.14 bits per heavy atom. The summed E-state index contributed by atoms with van der Waals surface area (Å²) >= 11 is 2.97. The summed E-state index contributed by atoms with van der Waals surface area (Å²) < 4.78 is 12.8. The highest BCUT2D eigenvalue weighted by Crippen LogP contribution is 2.28. The number of carbonyl (C=O) groups excluding carboxylic acids is 1. The van der Waals surface area contributed by atoms with Gasteiger partial charge in [-0.2, -0.15) is 0 Å². The number of hydrogen-bond donors (Lipinski definition) is 1. The number of amides is 1. The monoisotopic (exact) mass is 414 g/mol. The maximum absolute atomic E-state index is 12.2. The quantitative estimate of drug-likeness (QED) is 0.439. The predicted octanol–water partition coefficient (Wildman–Crippen LogP) is 3.96. The first kappa shape index (κ1) is 18.6. The topological polar surface area (TPSA) is 86.1 Å². The minimum Gasteiger partial charge on any atom is -0.469 e. The fourth-order valence-corrected chi connectivity index (χ4v) is 4.10. The number of nitrogens with one attached hydrogen (secondary N) is 1. The molecule has 0 aliphatic heterocycles. The number of carbonyl (C=O) groups is 1. The van der Waals surface area contributed by atoms with E-state index in [1.54, 1.807) is 23.9 Å². The first-order chi connectivity index (χ1) is 13.7. The molecule has 0 bridgehead atoms. The van der Waals surface area contributed by atoms with Crippen LogP contribution in [0.4, 0.5) is 0 Å². The second-order valence-electron chi connectivity index (χ2n) is 6.01. The van der Waals surface area contributed by atoms with Crippen molar-refractivity contribution in [1.82, 2.24) is 20.1 Å². The lowest BCUT2D eigenvalue weighted by molar-refractivity contribution is -0.118. The third kappa shape index (κ3) is 4.20. The van der Waals surface area contributed by atoms with Crippen molar-refractivity contribution in [3.8, 4) is 11.4 Å². The summed E-state index contributed by atoms with van der Waals surface area (Å²) in [5, 5.41) is 14.2. The molecule has 0 unspecified atom stereocenters. The molecule has 0 radical (unpaired) electrons. The Hall–Kier alpha value is -2.78. The predicted molar refractivity (Wildman–Crippen MR) is 107 cm³/mol. The van der Waals surface area contributed by atoms with Gasteiger partial charge < -0.3 is 14.2 Å². The van der Waals surface area contributed by atoms with Gasteiger partial charge in [-0.25, -0.2) is 0 Å². The van der Waals surface area contributed by atoms with Crippen LogP contribution in [-0.2, 0) is 17.9 Å². The van der Waals surface area contributed by atoms with E-state index in [0.717, 1.165) is 22.0 Å². The molecule has 0 saturated heterocycles. The molecule has 4 aromatic heterocycles. The van der Waals surface area contributed by atoms with E-state index in [4.69, 9.17) is 8.83 Å². The van der Waals surface area contributed by atoms with Gasteiger partial charge in [0, 0.05) is 4.88 Å². The van der Waals surface area contributed by atoms with Gasteiger partial charge in [0.15, 0.2) is 11.0 Å². The molecule has 0 aromatic carbocycles. The molecular formula is C19H18N4O3S2. The highest BCUT2D eigenvalue weighted by Gasteiger charge is 2.19. The lowest BCUT2D eigenvalue weighted by Crippen LogP contribution is -2.24. The zero-order valence-corrected chi connectivity index (χ0v) is 16.8. The highest BCUT2D eigenvalue weighted by atomic mass is 32.2. The Labute approximate surface area is 169 Å². The number of aromatic nitrogens is 3. The zero-order chi connectivity index (χ0) is 19.3. The summed E-state index contributed by atoms with van der Waals surface area (Å²) in [6.07, 6.45) is 3.26. The molecule has 0 aliphatic rings. The van der Waals surface area contributed by atoms with Crippen molar-refractivity contribution in [2.75, 3.05) is 5.75 Å². The first-order valence-electron chi connectivity index (χ1n) is 8.62. The molecule has 4 heterocycles. The average Bonchev–Trinajstić information content (AvgIpc) is 3.48. The van der Waals surface area contributed by atoms with Crippen LogP contribution in [0, 0.1) is 6.92 Å². The average molecular weight is 415 g/mol. The van der Waals surface area contributed by atoms with Gasteiger partial charge in [0.1, 0.15) is 11.5 Å². The molecule has 4 aromatic rings. The van der Waals surface area contributed by atoms with Crippen LogP contribution in [0.3, 0.4) is 0 Å². The number of nitrogens with zero attached hydrogens (tertiary/aromatic N) is 3. The van der Waals surface area contributed by atoms with Gasteiger partial charge in [-0.05, 0) is 36.6 Å². The van der Waals surface area contributed by atoms with E-state index in [1.165, 1.54) is 11.8 Å². The van der Waals surface area contributed by atoms with Gasteiger partial charge >= 0.3 is 0 Å². The van der Waals surface area contributed by atoms with Crippen LogP contribution in [0.5, 0.6) is 0 Å². The van der Waals surface area contributed by atoms with Crippen molar-refractivity contribution in [2.24, 2.45) is 0 Å². The molecule has 0 saturated carbocycles. The van der Waals surface area contributed by atoms with Crippen molar-refractivity contribution in [3.63, 3.8) is 0 Å². The summed E-state index contributed by atoms with van der Waals surface area (Å²) in [6, 6.07) is 9.57. The Morgan fingerprint density at radius 3 is 2.86 bits per heavy atom. The normalized spacial score (nSPS) is 11.0. The van der Waals surface area contributed by atoms with Gasteiger partial charge in [0.05, 0.1) is 36.9 Å². The van der Waals surface area contributed by atoms with Crippen molar-refractivity contribution < 1.29 is 13.6 Å². The first-order valence-corrected chi connectivity index (χ1v) is 10.5. The lowest BCUT2D eigenvalue weighted by atomic mass is 10.2. The van der Waals surface area contributed by atoms with Crippen molar-refractivity contribution >= 4 is 29.0 Å². The fourth-order valence-electron chi connectivity index (χ4n) is 2.69. The molecular weight excluding hydrogens is 396 g/mol. The van der Waals surface area contributed by atoms with Crippen LogP contribution in [0.2, 0.25) is 0 Å². The molecule has 144 valence electrons. The molecule has 4 rings (SSSR count). The highest BCUT2D eigenvalue weighted by molar-refractivity contribution is 7.99. The molecule has 0 spiro atoms. The summed E-state index contributed by atoms with van der Waals surface area (Å²) in [6.45, 7) is 2.89. The summed E-state index contributed by atoms with van der Waals surface area (Å²) in [4.78, 5) is 13.3. The Balaban J connectivity index is 1.49. The smallest absolute Gasteiger partial charge is 0.230 e. The Morgan fingerprint density at radius 1 is 1.21 bits per heavy atom. The van der Waals surface area contributed by atoms with E-state index < -0.39 is 0 Å². The van der Waals surface area contributed by atoms with E-state index in [0.29, 0.717) is 24.1 Å². The van der Waals surface area contributed by atoms with Crippen molar-refractivity contribution in [3.05, 3.63) is 64.6 Å². The number of thiophene rings is 1. The van der Waals surface area contributed by atoms with Gasteiger partial charge in [-0.15, -0.1) is 21.5 Å². The molecule has 9 heteroatoms. The van der Waals surface area contributed by atoms with Gasteiger partial charge in [0.25, 0.3) is 0 Å². The fraction of sp³-hybridized carbons (Fsp3) is 0.211. The van der Waals surface area contributed by atoms with Crippen LogP contribution in [0.25, 0.3) is 11.4 Å². The van der Waals surface area contributed by atoms with Crippen LogP contribution in [0.15, 0.2) is 62.2 Å². The van der Waals surface area contributed by atoms with Crippen LogP contribution < -0.4 is 5.32 Å². The van der Waals surface area contributed by atoms with Crippen LogP contribution in [0.1, 0.15) is 16.4 Å². The zero-order valence-electron chi connectivity index (χ0n) is 15.1. The van der Waals surface area contributed by atoms with E-state index in [1.807, 2.05) is 47.2 Å². The van der Waals surface area contributed by atoms with Crippen molar-refractivity contribution in [2.45, 2.75) is 25.2 Å². The minimum absolute atomic E-state index is 0.0491. The molecule has 0 atom stereocenters. The molecule has 1 amide bonds. The third-order valence-corrected chi connectivity index (χ3v) is 5.93. The summed E-state index contributed by atoms with van der Waals surface area (Å²) in [7, 11) is 0. The summed E-state index contributed by atoms with van der Waals surface area (Å²) in [5.41, 5.74) is 0.869. The number of furan rings is 2. The lowest BCUT2D eigenvalue weighted by Gasteiger charge is -2.08. The maximum Gasteiger partial charge on any atom is 0.230 e. The third-order valence-electron chi connectivity index (χ3n) is 4.08. The number of rotatable bonds is 8. The Bertz CT molecular complexity index is 1040. The van der Waals surface area contributed by atoms with E-state index in [9.17, 15) is 4.79 Å².